The van der Waals surface area contributed by atoms with Crippen molar-refractivity contribution in [3.63, 3.8) is 0 Å². The molecule has 2 amide bonds. The van der Waals surface area contributed by atoms with Gasteiger partial charge in [0.05, 0.1) is 21.6 Å². The molecule has 9 nitrogen and oxygen atoms in total. The van der Waals surface area contributed by atoms with E-state index in [0.717, 1.165) is 71.4 Å². The van der Waals surface area contributed by atoms with Crippen LogP contribution in [0.4, 0.5) is 21.6 Å². The first-order valence-electron chi connectivity index (χ1n) is 17.2. The van der Waals surface area contributed by atoms with Gasteiger partial charge in [-0.1, -0.05) is 24.3 Å². The number of halogens is 1. The summed E-state index contributed by atoms with van der Waals surface area (Å²) in [6.45, 7) is 5.75. The minimum atomic E-state index is -0.331. The minimum Gasteiger partial charge on any atom is -0.381 e. The first kappa shape index (κ1) is 31.6. The number of nitrogens with one attached hydrogen (secondary N) is 2. The molecular weight excluding hydrogens is 664 g/mol. The summed E-state index contributed by atoms with van der Waals surface area (Å²) >= 11 is 1.59. The maximum absolute atomic E-state index is 14.4. The zero-order valence-electron chi connectivity index (χ0n) is 28.0. The van der Waals surface area contributed by atoms with Crippen molar-refractivity contribution in [1.82, 2.24) is 15.0 Å². The molecule has 9 rings (SSSR count). The van der Waals surface area contributed by atoms with Gasteiger partial charge in [-0.3, -0.25) is 9.59 Å². The third-order valence-electron chi connectivity index (χ3n) is 10.4. The lowest BCUT2D eigenvalue weighted by molar-refractivity contribution is -0.000518. The van der Waals surface area contributed by atoms with Gasteiger partial charge in [-0.25, -0.2) is 14.4 Å². The monoisotopic (exact) mass is 698 g/mol. The molecule has 0 saturated carbocycles. The number of fused-ring (bicyclic) bond motifs is 4. The molecule has 6 heterocycles. The summed E-state index contributed by atoms with van der Waals surface area (Å²) in [5, 5.41) is 3.02. The zero-order valence-corrected chi connectivity index (χ0v) is 28.9. The highest BCUT2D eigenvalue weighted by atomic mass is 32.1. The Balaban J connectivity index is 0.927. The van der Waals surface area contributed by atoms with Gasteiger partial charge in [0.1, 0.15) is 23.0 Å². The Morgan fingerprint density at radius 2 is 1.76 bits per heavy atom. The smallest absolute Gasteiger partial charge is 0.259 e. The van der Waals surface area contributed by atoms with Crippen LogP contribution in [0.5, 0.6) is 0 Å². The standard InChI is InChI=1S/C40H35FN6O3S/c1-24-9-14-29(37(42-24)46-22-40(23-46)16-19-50-20-17-40)38(48)43-27-12-10-25(11-13-27)39(49)47-18-15-26-21-33(51-35(26)28-5-2-3-8-32(28)47)36-44-31-7-4-6-30(41)34(31)45-36/h2-14,21H,15-20,22-23H2,1H3,(H,43,48)(H,44,45). The number of anilines is 3. The fourth-order valence-corrected chi connectivity index (χ4v) is 8.77. The van der Waals surface area contributed by atoms with Gasteiger partial charge in [-0.2, -0.15) is 0 Å². The molecule has 256 valence electrons. The predicted octanol–water partition coefficient (Wildman–Crippen LogP) is 7.87. The Morgan fingerprint density at radius 3 is 2.57 bits per heavy atom. The molecule has 3 aliphatic heterocycles. The van der Waals surface area contributed by atoms with Crippen molar-refractivity contribution in [3.05, 3.63) is 113 Å². The maximum Gasteiger partial charge on any atom is 0.259 e. The van der Waals surface area contributed by atoms with E-state index < -0.39 is 0 Å². The zero-order chi connectivity index (χ0) is 34.7. The molecule has 2 fully saturated rings. The van der Waals surface area contributed by atoms with Crippen LogP contribution < -0.4 is 15.1 Å². The Bertz CT molecular complexity index is 2320. The molecule has 3 aromatic heterocycles. The number of hydrogen-bond donors (Lipinski definition) is 2. The van der Waals surface area contributed by atoms with E-state index in [-0.39, 0.29) is 23.0 Å². The number of ether oxygens (including phenoxy) is 1. The van der Waals surface area contributed by atoms with Gasteiger partial charge >= 0.3 is 0 Å². The second-order valence-corrected chi connectivity index (χ2v) is 14.8. The molecule has 2 saturated heterocycles. The summed E-state index contributed by atoms with van der Waals surface area (Å²) in [6.07, 6.45) is 2.72. The average molecular weight is 699 g/mol. The Labute approximate surface area is 298 Å². The lowest BCUT2D eigenvalue weighted by atomic mass is 9.73. The lowest BCUT2D eigenvalue weighted by Crippen LogP contribution is -2.59. The van der Waals surface area contributed by atoms with E-state index in [0.29, 0.717) is 52.5 Å². The van der Waals surface area contributed by atoms with Gasteiger partial charge < -0.3 is 24.8 Å². The molecule has 0 radical (unpaired) electrons. The second-order valence-electron chi connectivity index (χ2n) is 13.7. The van der Waals surface area contributed by atoms with Crippen molar-refractivity contribution < 1.29 is 18.7 Å². The van der Waals surface area contributed by atoms with Crippen LogP contribution in [0.3, 0.4) is 0 Å². The van der Waals surface area contributed by atoms with Crippen LogP contribution in [-0.2, 0) is 11.2 Å². The molecule has 1 spiro atoms. The van der Waals surface area contributed by atoms with Gasteiger partial charge in [0.15, 0.2) is 0 Å². The Morgan fingerprint density at radius 1 is 0.961 bits per heavy atom. The number of aryl methyl sites for hydroxylation is 1. The number of carbonyl (C=O) groups excluding carboxylic acids is 2. The number of aromatic nitrogens is 3. The highest BCUT2D eigenvalue weighted by molar-refractivity contribution is 7.19. The SMILES string of the molecule is Cc1ccc(C(=O)Nc2ccc(C(=O)N3CCc4cc(-c5nc6cccc(F)c6[nH]5)sc4-c4ccccc43)cc2)c(N2CC3(CCOCC3)C2)n1. The van der Waals surface area contributed by atoms with E-state index >= 15 is 0 Å². The van der Waals surface area contributed by atoms with Crippen LogP contribution in [0, 0.1) is 18.2 Å². The van der Waals surface area contributed by atoms with E-state index in [1.54, 1.807) is 47.7 Å². The normalized spacial score (nSPS) is 16.4. The van der Waals surface area contributed by atoms with E-state index in [1.807, 2.05) is 48.2 Å². The van der Waals surface area contributed by atoms with Gasteiger partial charge in [0.2, 0.25) is 0 Å². The summed E-state index contributed by atoms with van der Waals surface area (Å²) < 4.78 is 20.0. The number of nitrogens with zero attached hydrogens (tertiary/aromatic N) is 4. The molecule has 3 aromatic carbocycles. The number of thiophene rings is 1. The van der Waals surface area contributed by atoms with E-state index in [4.69, 9.17) is 9.72 Å². The van der Waals surface area contributed by atoms with Crippen molar-refractivity contribution >= 4 is 51.4 Å². The van der Waals surface area contributed by atoms with Crippen LogP contribution in [0.1, 0.15) is 44.8 Å². The number of aromatic amines is 1. The third kappa shape index (κ3) is 5.66. The lowest BCUT2D eigenvalue weighted by Gasteiger charge is -2.53. The van der Waals surface area contributed by atoms with Crippen LogP contribution >= 0.6 is 11.3 Å². The Hall–Kier alpha value is -5.39. The van der Waals surface area contributed by atoms with Gasteiger partial charge in [-0.05, 0) is 92.4 Å². The molecular formula is C40H35FN6O3S. The number of hydrogen-bond acceptors (Lipinski definition) is 7. The number of H-pyrrole nitrogens is 1. The van der Waals surface area contributed by atoms with Crippen LogP contribution in [0.2, 0.25) is 0 Å². The molecule has 0 unspecified atom stereocenters. The summed E-state index contributed by atoms with van der Waals surface area (Å²) in [4.78, 5) is 46.2. The summed E-state index contributed by atoms with van der Waals surface area (Å²) in [6, 6.07) is 25.7. The third-order valence-corrected chi connectivity index (χ3v) is 11.6. The quantitative estimate of drug-likeness (QED) is 0.190. The van der Waals surface area contributed by atoms with E-state index in [2.05, 4.69) is 26.3 Å². The molecule has 0 bridgehead atoms. The highest BCUT2D eigenvalue weighted by Gasteiger charge is 2.45. The summed E-state index contributed by atoms with van der Waals surface area (Å²) in [5.41, 5.74) is 6.67. The Kier molecular flexibility index (Phi) is 7.70. The molecule has 6 aromatic rings. The number of imidazole rings is 1. The molecule has 0 atom stereocenters. The molecule has 51 heavy (non-hydrogen) atoms. The van der Waals surface area contributed by atoms with Crippen molar-refractivity contribution in [2.75, 3.05) is 48.0 Å². The van der Waals surface area contributed by atoms with Crippen molar-refractivity contribution in [1.29, 1.82) is 0 Å². The molecule has 11 heteroatoms. The van der Waals surface area contributed by atoms with Gasteiger partial charge in [0, 0.05) is 65.6 Å². The van der Waals surface area contributed by atoms with Crippen LogP contribution in [-0.4, -0.2) is 59.6 Å². The maximum atomic E-state index is 14.4. The number of benzene rings is 3. The first-order valence-corrected chi connectivity index (χ1v) is 18.1. The largest absolute Gasteiger partial charge is 0.381 e. The van der Waals surface area contributed by atoms with E-state index in [9.17, 15) is 14.0 Å². The van der Waals surface area contributed by atoms with E-state index in [1.165, 1.54) is 6.07 Å². The molecule has 0 aliphatic carbocycles. The first-order chi connectivity index (χ1) is 24.8. The number of rotatable bonds is 5. The average Bonchev–Trinajstić information content (AvgIpc) is 3.74. The fraction of sp³-hybridized carbons (Fsp3) is 0.250. The topological polar surface area (TPSA) is 103 Å². The van der Waals surface area contributed by atoms with Crippen molar-refractivity contribution in [3.8, 4) is 21.1 Å². The number of carbonyl (C=O) groups is 2. The van der Waals surface area contributed by atoms with Gasteiger partial charge in [0.25, 0.3) is 11.8 Å². The van der Waals surface area contributed by atoms with Crippen LogP contribution in [0.25, 0.3) is 32.2 Å². The molecule has 2 N–H and O–H groups in total. The van der Waals surface area contributed by atoms with Gasteiger partial charge in [-0.15, -0.1) is 11.3 Å². The summed E-state index contributed by atoms with van der Waals surface area (Å²) in [5.74, 6) is 0.660. The van der Waals surface area contributed by atoms with Crippen molar-refractivity contribution in [2.24, 2.45) is 5.41 Å². The second kappa shape index (κ2) is 12.4. The van der Waals surface area contributed by atoms with Crippen LogP contribution in [0.15, 0.2) is 84.9 Å². The number of amides is 2. The summed E-state index contributed by atoms with van der Waals surface area (Å²) in [7, 11) is 0. The highest BCUT2D eigenvalue weighted by Crippen LogP contribution is 2.45. The van der Waals surface area contributed by atoms with Crippen molar-refractivity contribution in [2.45, 2.75) is 26.2 Å². The number of para-hydroxylation sites is 2. The minimum absolute atomic E-state index is 0.117. The predicted molar refractivity (Wildman–Crippen MR) is 198 cm³/mol. The number of pyridine rings is 1. The molecule has 3 aliphatic rings. The fourth-order valence-electron chi connectivity index (χ4n) is 7.58.